The van der Waals surface area contributed by atoms with E-state index in [0.29, 0.717) is 17.4 Å². The van der Waals surface area contributed by atoms with Crippen LogP contribution in [-0.4, -0.2) is 74.3 Å². The number of esters is 1. The van der Waals surface area contributed by atoms with Crippen molar-refractivity contribution in [2.24, 2.45) is 0 Å². The number of carbonyl (C=O) groups is 2. The Morgan fingerprint density at radius 1 is 0.545 bits per heavy atom. The average Bonchev–Trinajstić information content (AvgIpc) is 3.27. The molecule has 0 aliphatic rings. The maximum absolute atomic E-state index is 13.5. The molecule has 0 heterocycles. The van der Waals surface area contributed by atoms with Crippen LogP contribution in [0.2, 0.25) is 0 Å². The Kier molecular flexibility index (Phi) is 45.3. The maximum atomic E-state index is 13.5. The number of allylic oxidation sites excluding steroid dienone is 7. The third-order valence-electron chi connectivity index (χ3n) is 12.1. The molecule has 0 aromatic carbocycles. The molecule has 0 aliphatic heterocycles. The van der Waals surface area contributed by atoms with E-state index < -0.39 is 20.0 Å². The molecule has 3 atom stereocenters. The Labute approximate surface area is 408 Å². The number of nitrogens with one attached hydrogen (secondary N) is 1. The van der Waals surface area contributed by atoms with Crippen LogP contribution in [0.4, 0.5) is 0 Å². The zero-order chi connectivity index (χ0) is 48.7. The van der Waals surface area contributed by atoms with Crippen LogP contribution in [0, 0.1) is 0 Å². The van der Waals surface area contributed by atoms with Crippen LogP contribution in [0.3, 0.4) is 0 Å². The molecule has 0 aromatic rings. The van der Waals surface area contributed by atoms with Crippen molar-refractivity contribution in [2.75, 3.05) is 40.9 Å². The predicted octanol–water partition coefficient (Wildman–Crippen LogP) is 16.2. The summed E-state index contributed by atoms with van der Waals surface area (Å²) in [5, 5.41) is 3.04. The molecule has 0 radical (unpaired) electrons. The molecule has 0 bridgehead atoms. The summed E-state index contributed by atoms with van der Waals surface area (Å²) in [6.45, 7) is 6.87. The Balaban J connectivity index is 5.43. The standard InChI is InChI=1S/C56H105N2O7P/c1-7-10-13-16-19-22-25-28-31-33-36-39-42-45-48-55(59)57-53(52-64-66(61,62)63-51-50-58(4,5)6)54(47-44-41-38-35-32-29-26-23-20-17-14-11-8-2)65-56(60)49-46-43-40-37-34-30-27-24-21-18-15-12-9-3/h12,15,18,21,24,27,44,47,53-54H,7-11,13-14,16-17,19-20,22-23,25-26,28-43,45-46,48-52H2,1-6H3,(H-,57,59,61,62)/p+1/b15-12+,21-18+,27-24-,47-44+. The summed E-state index contributed by atoms with van der Waals surface area (Å²) in [6, 6.07) is -0.852. The minimum atomic E-state index is -4.44. The molecule has 1 amide bonds. The van der Waals surface area contributed by atoms with E-state index in [1.54, 1.807) is 0 Å². The number of ether oxygens (including phenoxy) is 1. The van der Waals surface area contributed by atoms with Crippen LogP contribution in [0.15, 0.2) is 48.6 Å². The van der Waals surface area contributed by atoms with E-state index in [-0.39, 0.29) is 31.5 Å². The summed E-state index contributed by atoms with van der Waals surface area (Å²) in [6.07, 6.45) is 55.3. The number of hydrogen-bond donors (Lipinski definition) is 2. The fourth-order valence-corrected chi connectivity index (χ4v) is 8.56. The number of hydrogen-bond acceptors (Lipinski definition) is 6. The highest BCUT2D eigenvalue weighted by molar-refractivity contribution is 7.47. The van der Waals surface area contributed by atoms with Crippen molar-refractivity contribution in [1.82, 2.24) is 5.32 Å². The second kappa shape index (κ2) is 46.7. The van der Waals surface area contributed by atoms with Gasteiger partial charge in [0.1, 0.15) is 19.3 Å². The maximum Gasteiger partial charge on any atom is 0.472 e. The van der Waals surface area contributed by atoms with Crippen molar-refractivity contribution in [3.05, 3.63) is 48.6 Å². The van der Waals surface area contributed by atoms with Crippen LogP contribution in [0.25, 0.3) is 0 Å². The van der Waals surface area contributed by atoms with Gasteiger partial charge in [0, 0.05) is 12.8 Å². The van der Waals surface area contributed by atoms with E-state index in [1.165, 1.54) is 128 Å². The first kappa shape index (κ1) is 64.0. The summed E-state index contributed by atoms with van der Waals surface area (Å²) in [5.74, 6) is -0.524. The number of amides is 1. The molecule has 0 rings (SSSR count). The number of phosphoric acid groups is 1. The molecule has 0 fully saturated rings. The summed E-state index contributed by atoms with van der Waals surface area (Å²) in [4.78, 5) is 37.5. The van der Waals surface area contributed by atoms with Gasteiger partial charge in [0.2, 0.25) is 5.91 Å². The van der Waals surface area contributed by atoms with Crippen molar-refractivity contribution >= 4 is 19.7 Å². The molecule has 10 heteroatoms. The molecular weight excluding hydrogens is 844 g/mol. The number of phosphoric ester groups is 1. The number of unbranched alkanes of at least 4 members (excludes halogenated alkanes) is 29. The zero-order valence-electron chi connectivity index (χ0n) is 43.9. The van der Waals surface area contributed by atoms with Crippen molar-refractivity contribution < 1.29 is 37.3 Å². The van der Waals surface area contributed by atoms with E-state index in [0.717, 1.165) is 83.5 Å². The molecular formula is C56H106N2O7P+. The molecule has 66 heavy (non-hydrogen) atoms. The Morgan fingerprint density at radius 3 is 1.44 bits per heavy atom. The molecule has 0 saturated heterocycles. The first-order valence-electron chi connectivity index (χ1n) is 27.5. The van der Waals surface area contributed by atoms with E-state index >= 15 is 0 Å². The fraction of sp³-hybridized carbons (Fsp3) is 0.821. The predicted molar refractivity (Wildman–Crippen MR) is 282 cm³/mol. The van der Waals surface area contributed by atoms with E-state index in [1.807, 2.05) is 33.3 Å². The minimum Gasteiger partial charge on any atom is -0.456 e. The van der Waals surface area contributed by atoms with E-state index in [9.17, 15) is 19.0 Å². The quantitative estimate of drug-likeness (QED) is 0.0156. The van der Waals surface area contributed by atoms with Gasteiger partial charge in [-0.15, -0.1) is 0 Å². The lowest BCUT2D eigenvalue weighted by Gasteiger charge is -2.27. The molecule has 0 aliphatic carbocycles. The summed E-state index contributed by atoms with van der Waals surface area (Å²) in [7, 11) is 1.49. The van der Waals surface area contributed by atoms with Crippen LogP contribution >= 0.6 is 7.82 Å². The monoisotopic (exact) mass is 950 g/mol. The second-order valence-electron chi connectivity index (χ2n) is 19.8. The van der Waals surface area contributed by atoms with Gasteiger partial charge in [-0.05, 0) is 51.0 Å². The summed E-state index contributed by atoms with van der Waals surface area (Å²) < 4.78 is 30.5. The number of rotatable bonds is 49. The summed E-state index contributed by atoms with van der Waals surface area (Å²) >= 11 is 0. The van der Waals surface area contributed by atoms with Crippen molar-refractivity contribution in [3.8, 4) is 0 Å². The highest BCUT2D eigenvalue weighted by Crippen LogP contribution is 2.43. The van der Waals surface area contributed by atoms with Crippen molar-refractivity contribution in [1.29, 1.82) is 0 Å². The summed E-state index contributed by atoms with van der Waals surface area (Å²) in [5.41, 5.74) is 0. The van der Waals surface area contributed by atoms with Gasteiger partial charge in [-0.2, -0.15) is 0 Å². The third kappa shape index (κ3) is 47.1. The second-order valence-corrected chi connectivity index (χ2v) is 21.2. The van der Waals surface area contributed by atoms with E-state index in [4.69, 9.17) is 13.8 Å². The lowest BCUT2D eigenvalue weighted by molar-refractivity contribution is -0.870. The van der Waals surface area contributed by atoms with Crippen molar-refractivity contribution in [3.63, 3.8) is 0 Å². The molecule has 0 aromatic heterocycles. The third-order valence-corrected chi connectivity index (χ3v) is 13.1. The lowest BCUT2D eigenvalue weighted by atomic mass is 10.0. The van der Waals surface area contributed by atoms with E-state index in [2.05, 4.69) is 62.5 Å². The topological polar surface area (TPSA) is 111 Å². The highest BCUT2D eigenvalue weighted by Gasteiger charge is 2.30. The number of nitrogens with zero attached hydrogens (tertiary/aromatic N) is 1. The first-order chi connectivity index (χ1) is 31.9. The van der Waals surface area contributed by atoms with Crippen LogP contribution < -0.4 is 5.32 Å². The number of carbonyl (C=O) groups excluding carboxylic acids is 2. The average molecular weight is 950 g/mol. The molecule has 0 spiro atoms. The van der Waals surface area contributed by atoms with Crippen LogP contribution in [0.5, 0.6) is 0 Å². The van der Waals surface area contributed by atoms with Gasteiger partial charge in [-0.1, -0.05) is 230 Å². The molecule has 3 unspecified atom stereocenters. The minimum absolute atomic E-state index is 0.0374. The van der Waals surface area contributed by atoms with Gasteiger partial charge in [0.25, 0.3) is 0 Å². The highest BCUT2D eigenvalue weighted by atomic mass is 31.2. The number of quaternary nitrogens is 1. The lowest BCUT2D eigenvalue weighted by Crippen LogP contribution is -2.47. The van der Waals surface area contributed by atoms with Gasteiger partial charge >= 0.3 is 13.8 Å². The van der Waals surface area contributed by atoms with Gasteiger partial charge in [-0.3, -0.25) is 18.6 Å². The first-order valence-corrected chi connectivity index (χ1v) is 29.0. The molecule has 386 valence electrons. The Bertz CT molecular complexity index is 1280. The molecule has 0 saturated carbocycles. The molecule has 2 N–H and O–H groups in total. The molecule has 9 nitrogen and oxygen atoms in total. The van der Waals surface area contributed by atoms with Crippen LogP contribution in [0.1, 0.15) is 245 Å². The van der Waals surface area contributed by atoms with Gasteiger partial charge in [-0.25, -0.2) is 4.57 Å². The van der Waals surface area contributed by atoms with Crippen LogP contribution in [-0.2, 0) is 27.9 Å². The Hall–Kier alpha value is -2.03. The number of likely N-dealkylation sites (N-methyl/N-ethyl adjacent to an activating group) is 1. The van der Waals surface area contributed by atoms with Crippen molar-refractivity contribution in [2.45, 2.75) is 258 Å². The smallest absolute Gasteiger partial charge is 0.456 e. The zero-order valence-corrected chi connectivity index (χ0v) is 44.8. The van der Waals surface area contributed by atoms with Gasteiger partial charge < -0.3 is 19.4 Å². The van der Waals surface area contributed by atoms with Gasteiger partial charge in [0.15, 0.2) is 0 Å². The SMILES string of the molecule is CC/C=C/C=C/C=C\CCCCCCCC(=O)OC(/C=C/CCCCCCCCCCCCC)C(COP(=O)(O)OCC[N+](C)(C)C)NC(=O)CCCCCCCCCCCCCCCC. The van der Waals surface area contributed by atoms with Gasteiger partial charge in [0.05, 0.1) is 33.8 Å². The largest absolute Gasteiger partial charge is 0.472 e. The normalized spacial score (nSPS) is 14.2. The fourth-order valence-electron chi connectivity index (χ4n) is 7.82. The Morgan fingerprint density at radius 2 is 0.970 bits per heavy atom.